The summed E-state index contributed by atoms with van der Waals surface area (Å²) in [6.45, 7) is 4.47. The average Bonchev–Trinajstić information content (AvgIpc) is 2.57. The Morgan fingerprint density at radius 3 is 1.89 bits per heavy atom. The van der Waals surface area contributed by atoms with Crippen LogP contribution in [-0.4, -0.2) is 52.2 Å². The number of phenolic OH excluding ortho intramolecular Hbond substituents is 1. The van der Waals surface area contributed by atoms with Crippen LogP contribution in [0.25, 0.3) is 11.1 Å². The third kappa shape index (κ3) is 10.3. The van der Waals surface area contributed by atoms with E-state index < -0.39 is 10.4 Å². The zero-order valence-corrected chi connectivity index (χ0v) is 16.2. The molecule has 0 radical (unpaired) electrons. The monoisotopic (exact) mass is 404 g/mol. The van der Waals surface area contributed by atoms with Crippen molar-refractivity contribution in [3.05, 3.63) is 53.6 Å². The van der Waals surface area contributed by atoms with Crippen LogP contribution in [0.2, 0.25) is 0 Å². The van der Waals surface area contributed by atoms with Crippen molar-refractivity contribution in [2.24, 2.45) is 0 Å². The molecule has 146 valence electrons. The normalized spacial score (nSPS) is 10.5. The summed E-state index contributed by atoms with van der Waals surface area (Å²) >= 11 is 0. The van der Waals surface area contributed by atoms with Gasteiger partial charge in [-0.05, 0) is 48.4 Å². The first-order valence-electron chi connectivity index (χ1n) is 8.86. The maximum absolute atomic E-state index is 10.2. The van der Waals surface area contributed by atoms with Crippen molar-refractivity contribution in [3.8, 4) is 16.9 Å². The first-order valence-corrected chi connectivity index (χ1v) is 10.3. The molecule has 2 aromatic carbocycles. The van der Waals surface area contributed by atoms with E-state index in [0.717, 1.165) is 18.4 Å². The number of benzene rings is 2. The van der Waals surface area contributed by atoms with Crippen LogP contribution in [0.1, 0.15) is 50.7 Å². The minimum absolute atomic E-state index is 0. The second kappa shape index (κ2) is 13.3. The van der Waals surface area contributed by atoms with E-state index in [9.17, 15) is 5.11 Å². The third-order valence-electron chi connectivity index (χ3n) is 4.05. The summed E-state index contributed by atoms with van der Waals surface area (Å²) in [4.78, 5) is 0. The summed E-state index contributed by atoms with van der Waals surface area (Å²) in [6.07, 6.45) is 7.07. The van der Waals surface area contributed by atoms with Gasteiger partial charge in [0.1, 0.15) is 5.75 Å². The standard InChI is InChI=1S/C20H26O.Na.H2O4S.H/c1-3-5-10-16-11-9-14-18(17(16)12-6-4-2)19-13-7-8-15-20(19)21;;1-5(2,3)4;/h7-9,11,13-15,21H,3-6,10,12H2,1-2H3;;(H2,1,2,3,4);. The Labute approximate surface area is 184 Å². The molecule has 2 rings (SSSR count). The van der Waals surface area contributed by atoms with Gasteiger partial charge >= 0.3 is 40.0 Å². The molecule has 0 heterocycles. The molecule has 3 N–H and O–H groups in total. The van der Waals surface area contributed by atoms with Gasteiger partial charge in [0.2, 0.25) is 0 Å². The fourth-order valence-corrected chi connectivity index (χ4v) is 2.84. The van der Waals surface area contributed by atoms with Gasteiger partial charge in [0.15, 0.2) is 0 Å². The van der Waals surface area contributed by atoms with Gasteiger partial charge in [-0.3, -0.25) is 9.11 Å². The molecule has 0 aromatic heterocycles. The summed E-state index contributed by atoms with van der Waals surface area (Å²) in [5.74, 6) is 0.378. The van der Waals surface area contributed by atoms with Crippen LogP contribution in [0.3, 0.4) is 0 Å². The quantitative estimate of drug-likeness (QED) is 0.468. The molecular weight excluding hydrogens is 375 g/mol. The number of hydrogen-bond donors (Lipinski definition) is 3. The number of unbranched alkanes of at least 4 members (excludes halogenated alkanes) is 2. The van der Waals surface area contributed by atoms with Crippen molar-refractivity contribution in [1.29, 1.82) is 0 Å². The van der Waals surface area contributed by atoms with Gasteiger partial charge in [-0.1, -0.05) is 63.1 Å². The summed E-state index contributed by atoms with van der Waals surface area (Å²) in [7, 11) is -4.67. The van der Waals surface area contributed by atoms with Gasteiger partial charge < -0.3 is 5.11 Å². The van der Waals surface area contributed by atoms with Gasteiger partial charge in [0, 0.05) is 5.56 Å². The number of para-hydroxylation sites is 1. The number of phenols is 1. The maximum atomic E-state index is 10.2. The molecule has 0 atom stereocenters. The Hall–Kier alpha value is -0.890. The molecule has 0 saturated heterocycles. The fraction of sp³-hybridized carbons (Fsp3) is 0.400. The molecule has 0 unspecified atom stereocenters. The molecule has 0 bridgehead atoms. The van der Waals surface area contributed by atoms with Crippen molar-refractivity contribution in [2.45, 2.75) is 52.4 Å². The SMILES string of the molecule is CCCCc1cccc(-c2ccccc2O)c1CCCC.O=S(=O)(O)O.[NaH]. The molecule has 0 aliphatic carbocycles. The molecule has 0 saturated carbocycles. The van der Waals surface area contributed by atoms with E-state index in [0.29, 0.717) is 5.75 Å². The molecular formula is C20H29NaO5S. The van der Waals surface area contributed by atoms with Crippen LogP contribution in [0.5, 0.6) is 5.75 Å². The van der Waals surface area contributed by atoms with Gasteiger partial charge in [0.05, 0.1) is 0 Å². The molecule has 2 aromatic rings. The van der Waals surface area contributed by atoms with E-state index in [-0.39, 0.29) is 29.6 Å². The Kier molecular flexibility index (Phi) is 12.9. The van der Waals surface area contributed by atoms with Crippen LogP contribution in [-0.2, 0) is 23.2 Å². The number of hydrogen-bond acceptors (Lipinski definition) is 3. The Morgan fingerprint density at radius 1 is 0.815 bits per heavy atom. The third-order valence-corrected chi connectivity index (χ3v) is 4.05. The van der Waals surface area contributed by atoms with Crippen LogP contribution < -0.4 is 0 Å². The van der Waals surface area contributed by atoms with Gasteiger partial charge in [-0.2, -0.15) is 8.42 Å². The van der Waals surface area contributed by atoms with Crippen LogP contribution >= 0.6 is 0 Å². The van der Waals surface area contributed by atoms with E-state index in [2.05, 4.69) is 32.0 Å². The zero-order chi connectivity index (χ0) is 19.6. The Morgan fingerprint density at radius 2 is 1.33 bits per heavy atom. The molecule has 0 amide bonds. The van der Waals surface area contributed by atoms with Crippen molar-refractivity contribution in [1.82, 2.24) is 0 Å². The summed E-state index contributed by atoms with van der Waals surface area (Å²) in [5, 5.41) is 10.2. The summed E-state index contributed by atoms with van der Waals surface area (Å²) in [6, 6.07) is 14.2. The first-order chi connectivity index (χ1) is 12.3. The van der Waals surface area contributed by atoms with E-state index in [1.165, 1.54) is 42.4 Å². The van der Waals surface area contributed by atoms with E-state index in [1.54, 1.807) is 6.07 Å². The second-order valence-electron chi connectivity index (χ2n) is 6.12. The molecule has 0 spiro atoms. The molecule has 7 heteroatoms. The Balaban J connectivity index is 0.00000100. The number of aryl methyl sites for hydroxylation is 1. The molecule has 27 heavy (non-hydrogen) atoms. The molecule has 0 aliphatic rings. The van der Waals surface area contributed by atoms with Gasteiger partial charge in [0.25, 0.3) is 0 Å². The van der Waals surface area contributed by atoms with Crippen molar-refractivity contribution < 1.29 is 22.6 Å². The zero-order valence-electron chi connectivity index (χ0n) is 15.4. The number of rotatable bonds is 7. The molecule has 5 nitrogen and oxygen atoms in total. The summed E-state index contributed by atoms with van der Waals surface area (Å²) < 4.78 is 31.6. The van der Waals surface area contributed by atoms with E-state index >= 15 is 0 Å². The van der Waals surface area contributed by atoms with E-state index in [1.807, 2.05) is 18.2 Å². The van der Waals surface area contributed by atoms with Gasteiger partial charge in [-0.25, -0.2) is 0 Å². The fourth-order valence-electron chi connectivity index (χ4n) is 2.84. The summed E-state index contributed by atoms with van der Waals surface area (Å²) in [5.41, 5.74) is 5.04. The van der Waals surface area contributed by atoms with Crippen molar-refractivity contribution in [3.63, 3.8) is 0 Å². The van der Waals surface area contributed by atoms with E-state index in [4.69, 9.17) is 17.5 Å². The predicted molar refractivity (Wildman–Crippen MR) is 112 cm³/mol. The average molecular weight is 405 g/mol. The van der Waals surface area contributed by atoms with Crippen molar-refractivity contribution >= 4 is 40.0 Å². The van der Waals surface area contributed by atoms with Crippen LogP contribution in [0, 0.1) is 0 Å². The first kappa shape index (κ1) is 26.1. The minimum atomic E-state index is -4.67. The molecule has 0 fully saturated rings. The van der Waals surface area contributed by atoms with Crippen LogP contribution in [0.15, 0.2) is 42.5 Å². The van der Waals surface area contributed by atoms with Crippen LogP contribution in [0.4, 0.5) is 0 Å². The molecule has 0 aliphatic heterocycles. The Bertz CT molecular complexity index is 783. The van der Waals surface area contributed by atoms with Crippen molar-refractivity contribution in [2.75, 3.05) is 0 Å². The number of aromatic hydroxyl groups is 1. The second-order valence-corrected chi connectivity index (χ2v) is 7.01. The predicted octanol–water partition coefficient (Wildman–Crippen LogP) is 4.44. The topological polar surface area (TPSA) is 94.8 Å². The van der Waals surface area contributed by atoms with Gasteiger partial charge in [-0.15, -0.1) is 0 Å².